The molecule has 0 aliphatic carbocycles. The second kappa shape index (κ2) is 7.92. The number of hydrogen-bond acceptors (Lipinski definition) is 5. The molecule has 1 fully saturated rings. The van der Waals surface area contributed by atoms with E-state index < -0.39 is 0 Å². The Bertz CT molecular complexity index is 914. The summed E-state index contributed by atoms with van der Waals surface area (Å²) in [6, 6.07) is 15.8. The first-order valence-corrected chi connectivity index (χ1v) is 9.73. The van der Waals surface area contributed by atoms with Gasteiger partial charge in [0, 0.05) is 29.5 Å². The van der Waals surface area contributed by atoms with Crippen LogP contribution in [0.2, 0.25) is 0 Å². The Kier molecular flexibility index (Phi) is 5.20. The third-order valence-corrected chi connectivity index (χ3v) is 5.54. The highest BCUT2D eigenvalue weighted by Gasteiger charge is 2.30. The molecule has 1 aromatic heterocycles. The molecule has 3 aromatic rings. The molecular formula is C20H18FN3O2S. The Morgan fingerprint density at radius 1 is 1.19 bits per heavy atom. The standard InChI is InChI=1S/C20H18FN3O2S/c21-16-6-8-17(9-7-16)27-13-18(25)24-11-10-15(12-24)19-22-20(26-23-19)14-4-2-1-3-5-14/h1-9,15H,10-13H2/t15-/m0/s1. The van der Waals surface area contributed by atoms with Crippen molar-refractivity contribution in [3.8, 4) is 11.5 Å². The maximum atomic E-state index is 12.9. The minimum Gasteiger partial charge on any atom is -0.341 e. The summed E-state index contributed by atoms with van der Waals surface area (Å²) in [5.41, 5.74) is 0.887. The molecule has 1 atom stereocenters. The van der Waals surface area contributed by atoms with Gasteiger partial charge in [0.1, 0.15) is 5.82 Å². The molecule has 0 spiro atoms. The van der Waals surface area contributed by atoms with E-state index in [1.54, 1.807) is 12.1 Å². The van der Waals surface area contributed by atoms with Gasteiger partial charge < -0.3 is 9.42 Å². The molecule has 0 bridgehead atoms. The van der Waals surface area contributed by atoms with E-state index in [9.17, 15) is 9.18 Å². The molecule has 0 saturated carbocycles. The van der Waals surface area contributed by atoms with E-state index in [0.29, 0.717) is 30.6 Å². The van der Waals surface area contributed by atoms with Crippen molar-refractivity contribution >= 4 is 17.7 Å². The van der Waals surface area contributed by atoms with Crippen LogP contribution in [0.1, 0.15) is 18.2 Å². The third-order valence-electron chi connectivity index (χ3n) is 4.54. The normalized spacial score (nSPS) is 16.6. The second-order valence-electron chi connectivity index (χ2n) is 6.39. The highest BCUT2D eigenvalue weighted by molar-refractivity contribution is 8.00. The zero-order valence-corrected chi connectivity index (χ0v) is 15.4. The van der Waals surface area contributed by atoms with Gasteiger partial charge in [-0.15, -0.1) is 11.8 Å². The molecule has 0 N–H and O–H groups in total. The van der Waals surface area contributed by atoms with E-state index in [4.69, 9.17) is 4.52 Å². The average molecular weight is 383 g/mol. The minimum atomic E-state index is -0.275. The van der Waals surface area contributed by atoms with Crippen molar-refractivity contribution in [2.24, 2.45) is 0 Å². The number of hydrogen-bond donors (Lipinski definition) is 0. The predicted molar refractivity (Wildman–Crippen MR) is 101 cm³/mol. The third kappa shape index (κ3) is 4.19. The van der Waals surface area contributed by atoms with Crippen LogP contribution in [-0.2, 0) is 4.79 Å². The van der Waals surface area contributed by atoms with Gasteiger partial charge >= 0.3 is 0 Å². The molecule has 0 radical (unpaired) electrons. The van der Waals surface area contributed by atoms with E-state index in [1.807, 2.05) is 35.2 Å². The van der Waals surface area contributed by atoms with Crippen LogP contribution < -0.4 is 0 Å². The molecule has 1 aliphatic heterocycles. The van der Waals surface area contributed by atoms with Crippen molar-refractivity contribution in [2.75, 3.05) is 18.8 Å². The highest BCUT2D eigenvalue weighted by atomic mass is 32.2. The fourth-order valence-electron chi connectivity index (χ4n) is 3.06. The molecule has 7 heteroatoms. The lowest BCUT2D eigenvalue weighted by Gasteiger charge is -2.15. The van der Waals surface area contributed by atoms with Crippen LogP contribution in [0.3, 0.4) is 0 Å². The molecule has 1 saturated heterocycles. The molecule has 0 unspecified atom stereocenters. The average Bonchev–Trinajstić information content (AvgIpc) is 3.37. The Labute approximate surface area is 160 Å². The number of carbonyl (C=O) groups excluding carboxylic acids is 1. The fourth-order valence-corrected chi connectivity index (χ4v) is 3.86. The van der Waals surface area contributed by atoms with Crippen molar-refractivity contribution in [1.29, 1.82) is 0 Å². The first-order chi connectivity index (χ1) is 13.2. The SMILES string of the molecule is O=C(CSc1ccc(F)cc1)N1CC[C@H](c2noc(-c3ccccc3)n2)C1. The Morgan fingerprint density at radius 2 is 1.96 bits per heavy atom. The summed E-state index contributed by atoms with van der Waals surface area (Å²) in [4.78, 5) is 19.7. The second-order valence-corrected chi connectivity index (χ2v) is 7.44. The van der Waals surface area contributed by atoms with Gasteiger partial charge in [-0.25, -0.2) is 4.39 Å². The fraction of sp³-hybridized carbons (Fsp3) is 0.250. The van der Waals surface area contributed by atoms with Crippen molar-refractivity contribution in [2.45, 2.75) is 17.2 Å². The van der Waals surface area contributed by atoms with E-state index in [0.717, 1.165) is 16.9 Å². The van der Waals surface area contributed by atoms with Crippen LogP contribution in [0, 0.1) is 5.82 Å². The van der Waals surface area contributed by atoms with Gasteiger partial charge in [0.25, 0.3) is 5.89 Å². The van der Waals surface area contributed by atoms with E-state index in [-0.39, 0.29) is 17.6 Å². The van der Waals surface area contributed by atoms with Gasteiger partial charge in [0.05, 0.1) is 5.75 Å². The molecule has 1 aliphatic rings. The van der Waals surface area contributed by atoms with Crippen molar-refractivity contribution in [1.82, 2.24) is 15.0 Å². The summed E-state index contributed by atoms with van der Waals surface area (Å²) in [7, 11) is 0. The summed E-state index contributed by atoms with van der Waals surface area (Å²) >= 11 is 1.41. The lowest BCUT2D eigenvalue weighted by Crippen LogP contribution is -2.30. The van der Waals surface area contributed by atoms with E-state index in [2.05, 4.69) is 10.1 Å². The van der Waals surface area contributed by atoms with E-state index in [1.165, 1.54) is 23.9 Å². The summed E-state index contributed by atoms with van der Waals surface area (Å²) < 4.78 is 18.3. The van der Waals surface area contributed by atoms with Crippen molar-refractivity contribution in [3.05, 3.63) is 66.2 Å². The molecule has 27 heavy (non-hydrogen) atoms. The monoisotopic (exact) mass is 383 g/mol. The van der Waals surface area contributed by atoms with Crippen LogP contribution >= 0.6 is 11.8 Å². The molecule has 1 amide bonds. The number of thioether (sulfide) groups is 1. The van der Waals surface area contributed by atoms with Gasteiger partial charge in [-0.05, 0) is 42.8 Å². The van der Waals surface area contributed by atoms with Gasteiger partial charge in [0.15, 0.2) is 5.82 Å². The van der Waals surface area contributed by atoms with Crippen LogP contribution in [0.4, 0.5) is 4.39 Å². The quantitative estimate of drug-likeness (QED) is 0.624. The molecule has 138 valence electrons. The molecular weight excluding hydrogens is 365 g/mol. The maximum absolute atomic E-state index is 12.9. The topological polar surface area (TPSA) is 59.2 Å². The molecule has 4 rings (SSSR count). The van der Waals surface area contributed by atoms with Gasteiger partial charge in [-0.3, -0.25) is 4.79 Å². The highest BCUT2D eigenvalue weighted by Crippen LogP contribution is 2.28. The first kappa shape index (κ1) is 17.7. The zero-order chi connectivity index (χ0) is 18.6. The molecule has 2 aromatic carbocycles. The summed E-state index contributed by atoms with van der Waals surface area (Å²) in [5.74, 6) is 1.37. The van der Waals surface area contributed by atoms with Crippen LogP contribution in [0.15, 0.2) is 64.0 Å². The molecule has 5 nitrogen and oxygen atoms in total. The van der Waals surface area contributed by atoms with Crippen molar-refractivity contribution < 1.29 is 13.7 Å². The van der Waals surface area contributed by atoms with Crippen molar-refractivity contribution in [3.63, 3.8) is 0 Å². The predicted octanol–water partition coefficient (Wildman–Crippen LogP) is 3.98. The zero-order valence-electron chi connectivity index (χ0n) is 14.5. The Hall–Kier alpha value is -2.67. The maximum Gasteiger partial charge on any atom is 0.257 e. The number of carbonyl (C=O) groups is 1. The number of halogens is 1. The lowest BCUT2D eigenvalue weighted by molar-refractivity contribution is -0.127. The number of aromatic nitrogens is 2. The summed E-state index contributed by atoms with van der Waals surface area (Å²) in [6.45, 7) is 1.28. The van der Waals surface area contributed by atoms with Crippen LogP contribution in [-0.4, -0.2) is 39.8 Å². The summed E-state index contributed by atoms with van der Waals surface area (Å²) in [6.07, 6.45) is 0.820. The number of amides is 1. The Balaban J connectivity index is 1.34. The van der Waals surface area contributed by atoms with Crippen LogP contribution in [0.25, 0.3) is 11.5 Å². The van der Waals surface area contributed by atoms with Gasteiger partial charge in [-0.1, -0.05) is 23.4 Å². The van der Waals surface area contributed by atoms with Crippen LogP contribution in [0.5, 0.6) is 0 Å². The summed E-state index contributed by atoms with van der Waals surface area (Å²) in [5, 5.41) is 4.11. The largest absolute Gasteiger partial charge is 0.341 e. The molecule has 2 heterocycles. The van der Waals surface area contributed by atoms with Gasteiger partial charge in [0.2, 0.25) is 5.91 Å². The first-order valence-electron chi connectivity index (χ1n) is 8.74. The van der Waals surface area contributed by atoms with Gasteiger partial charge in [-0.2, -0.15) is 4.98 Å². The smallest absolute Gasteiger partial charge is 0.257 e. The minimum absolute atomic E-state index is 0.0682. The lowest BCUT2D eigenvalue weighted by atomic mass is 10.1. The number of benzene rings is 2. The Morgan fingerprint density at radius 3 is 2.74 bits per heavy atom. The number of nitrogens with zero attached hydrogens (tertiary/aromatic N) is 3. The number of rotatable bonds is 5. The number of likely N-dealkylation sites (tertiary alicyclic amines) is 1. The van der Waals surface area contributed by atoms with E-state index >= 15 is 0 Å².